The van der Waals surface area contributed by atoms with Crippen LogP contribution in [0.2, 0.25) is 11.6 Å². The Kier molecular flexibility index (Phi) is 4.19. The van der Waals surface area contributed by atoms with Crippen molar-refractivity contribution >= 4 is 9.04 Å². The number of ether oxygens (including phenoxy) is 2. The van der Waals surface area contributed by atoms with Gasteiger partial charge in [-0.2, -0.15) is 0 Å². The Balaban J connectivity index is 1.94. The Labute approximate surface area is 93.8 Å². The predicted octanol–water partition coefficient (Wildman–Crippen LogP) is 1.43. The van der Waals surface area contributed by atoms with Crippen molar-refractivity contribution in [2.75, 3.05) is 33.0 Å². The first-order valence-electron chi connectivity index (χ1n) is 6.13. The van der Waals surface area contributed by atoms with Crippen molar-refractivity contribution in [3.63, 3.8) is 0 Å². The van der Waals surface area contributed by atoms with Gasteiger partial charge < -0.3 is 13.9 Å². The minimum Gasteiger partial charge on any atom is -0.420 e. The van der Waals surface area contributed by atoms with Crippen LogP contribution in [0, 0.1) is 11.8 Å². The first-order valence-corrected chi connectivity index (χ1v) is 8.09. The monoisotopic (exact) mass is 230 g/mol. The molecule has 0 saturated carbocycles. The third-order valence-electron chi connectivity index (χ3n) is 3.63. The Morgan fingerprint density at radius 3 is 1.93 bits per heavy atom. The molecule has 2 aliphatic heterocycles. The zero-order valence-electron chi connectivity index (χ0n) is 9.78. The lowest BCUT2D eigenvalue weighted by molar-refractivity contribution is -0.0923. The van der Waals surface area contributed by atoms with E-state index in [4.69, 9.17) is 13.9 Å². The second-order valence-electron chi connectivity index (χ2n) is 4.57. The lowest BCUT2D eigenvalue weighted by atomic mass is 9.91. The third-order valence-corrected chi connectivity index (χ3v) is 7.14. The molecule has 2 fully saturated rings. The van der Waals surface area contributed by atoms with Crippen molar-refractivity contribution in [1.29, 1.82) is 0 Å². The number of hydrogen-bond acceptors (Lipinski definition) is 3. The maximum atomic E-state index is 5.99. The fourth-order valence-corrected chi connectivity index (χ4v) is 5.75. The van der Waals surface area contributed by atoms with E-state index in [1.807, 2.05) is 0 Å². The summed E-state index contributed by atoms with van der Waals surface area (Å²) in [6, 6.07) is 1.24. The van der Waals surface area contributed by atoms with Crippen molar-refractivity contribution in [2.45, 2.75) is 25.4 Å². The fourth-order valence-electron chi connectivity index (χ4n) is 2.66. The molecule has 2 saturated heterocycles. The quantitative estimate of drug-likeness (QED) is 0.646. The number of rotatable bonds is 6. The molecule has 88 valence electrons. The molecule has 0 aromatic rings. The summed E-state index contributed by atoms with van der Waals surface area (Å²) in [5, 5.41) is 0. The van der Waals surface area contributed by atoms with Gasteiger partial charge in [0.25, 0.3) is 0 Å². The summed E-state index contributed by atoms with van der Waals surface area (Å²) in [5.41, 5.74) is 0.789. The van der Waals surface area contributed by atoms with Crippen LogP contribution >= 0.6 is 0 Å². The molecular formula is C11H22O3Si. The first-order chi connectivity index (χ1) is 7.36. The highest BCUT2D eigenvalue weighted by Gasteiger charge is 2.43. The Morgan fingerprint density at radius 1 is 1.13 bits per heavy atom. The smallest absolute Gasteiger partial charge is 0.180 e. The maximum Gasteiger partial charge on any atom is 0.180 e. The van der Waals surface area contributed by atoms with Gasteiger partial charge in [-0.05, 0) is 18.5 Å². The first kappa shape index (κ1) is 11.6. The van der Waals surface area contributed by atoms with Crippen LogP contribution in [0.5, 0.6) is 0 Å². The van der Waals surface area contributed by atoms with Gasteiger partial charge in [0.05, 0.1) is 26.4 Å². The molecule has 4 heteroatoms. The van der Waals surface area contributed by atoms with Crippen molar-refractivity contribution < 1.29 is 13.9 Å². The van der Waals surface area contributed by atoms with Crippen LogP contribution in [0.3, 0.4) is 0 Å². The predicted molar refractivity (Wildman–Crippen MR) is 61.6 cm³/mol. The van der Waals surface area contributed by atoms with Gasteiger partial charge in [0.2, 0.25) is 0 Å². The molecule has 0 bridgehead atoms. The highest BCUT2D eigenvalue weighted by molar-refractivity contribution is 6.53. The second-order valence-corrected chi connectivity index (χ2v) is 7.57. The molecule has 0 N–H and O–H groups in total. The van der Waals surface area contributed by atoms with Crippen molar-refractivity contribution in [2.24, 2.45) is 11.8 Å². The summed E-state index contributed by atoms with van der Waals surface area (Å²) in [7, 11) is -1.04. The zero-order valence-corrected chi connectivity index (χ0v) is 10.9. The molecule has 2 aliphatic rings. The van der Waals surface area contributed by atoms with E-state index in [1.165, 1.54) is 6.04 Å². The largest absolute Gasteiger partial charge is 0.420 e. The minimum atomic E-state index is -1.04. The summed E-state index contributed by atoms with van der Waals surface area (Å²) in [6.07, 6.45) is 0. The van der Waals surface area contributed by atoms with Crippen LogP contribution in [-0.2, 0) is 13.9 Å². The lowest BCUT2D eigenvalue weighted by Gasteiger charge is -2.44. The van der Waals surface area contributed by atoms with E-state index in [9.17, 15) is 0 Å². The van der Waals surface area contributed by atoms with Crippen LogP contribution in [0.25, 0.3) is 0 Å². The highest BCUT2D eigenvalue weighted by Crippen LogP contribution is 2.40. The van der Waals surface area contributed by atoms with Crippen molar-refractivity contribution in [3.8, 4) is 0 Å². The molecule has 15 heavy (non-hydrogen) atoms. The molecule has 2 heterocycles. The molecule has 0 aromatic heterocycles. The van der Waals surface area contributed by atoms with Gasteiger partial charge in [0.1, 0.15) is 0 Å². The van der Waals surface area contributed by atoms with Crippen LogP contribution in [0.15, 0.2) is 0 Å². The molecule has 1 atom stereocenters. The normalized spacial score (nSPS) is 25.0. The van der Waals surface area contributed by atoms with Crippen molar-refractivity contribution in [3.05, 3.63) is 0 Å². The lowest BCUT2D eigenvalue weighted by Crippen LogP contribution is -2.48. The molecule has 3 nitrogen and oxygen atoms in total. The summed E-state index contributed by atoms with van der Waals surface area (Å²) in [4.78, 5) is 0. The summed E-state index contributed by atoms with van der Waals surface area (Å²) < 4.78 is 16.7. The van der Waals surface area contributed by atoms with Gasteiger partial charge in [0, 0.05) is 18.4 Å². The van der Waals surface area contributed by atoms with Crippen molar-refractivity contribution in [1.82, 2.24) is 0 Å². The van der Waals surface area contributed by atoms with Gasteiger partial charge in [0.15, 0.2) is 9.04 Å². The summed E-state index contributed by atoms with van der Waals surface area (Å²) in [5.74, 6) is 1.53. The topological polar surface area (TPSA) is 27.7 Å². The van der Waals surface area contributed by atoms with Gasteiger partial charge >= 0.3 is 0 Å². The van der Waals surface area contributed by atoms with E-state index in [-0.39, 0.29) is 0 Å². The Morgan fingerprint density at radius 2 is 1.67 bits per heavy atom. The number of hydrogen-bond donors (Lipinski definition) is 0. The van der Waals surface area contributed by atoms with Crippen LogP contribution in [0.4, 0.5) is 0 Å². The maximum absolute atomic E-state index is 5.99. The Hall–Kier alpha value is 0.0969. The van der Waals surface area contributed by atoms with E-state index < -0.39 is 9.04 Å². The molecule has 0 spiro atoms. The molecule has 0 radical (unpaired) electrons. The Bertz CT molecular complexity index is 178. The zero-order chi connectivity index (χ0) is 10.7. The second kappa shape index (κ2) is 5.43. The molecule has 1 unspecified atom stereocenters. The van der Waals surface area contributed by atoms with Gasteiger partial charge in [-0.15, -0.1) is 0 Å². The molecule has 0 aromatic carbocycles. The molecule has 0 amide bonds. The van der Waals surface area contributed by atoms with Crippen LogP contribution in [0.1, 0.15) is 13.8 Å². The van der Waals surface area contributed by atoms with Gasteiger partial charge in [-0.1, -0.05) is 6.92 Å². The van der Waals surface area contributed by atoms with E-state index in [0.29, 0.717) is 0 Å². The fraction of sp³-hybridized carbons (Fsp3) is 1.00. The highest BCUT2D eigenvalue weighted by atomic mass is 28.3. The van der Waals surface area contributed by atoms with E-state index >= 15 is 0 Å². The van der Waals surface area contributed by atoms with Gasteiger partial charge in [-0.3, -0.25) is 0 Å². The minimum absolute atomic E-state index is 0.766. The SMILES string of the molecule is CCO[SiH](CC)C(C1COC1)C1COC1. The third kappa shape index (κ3) is 2.44. The standard InChI is InChI=1S/C11H22O3Si/c1-3-14-15(4-2)11(9-5-12-6-9)10-7-13-8-10/h9-11,15H,3-8H2,1-2H3. The van der Waals surface area contributed by atoms with E-state index in [1.54, 1.807) is 0 Å². The summed E-state index contributed by atoms with van der Waals surface area (Å²) in [6.45, 7) is 9.09. The van der Waals surface area contributed by atoms with Crippen LogP contribution < -0.4 is 0 Å². The molecule has 0 aliphatic carbocycles. The summed E-state index contributed by atoms with van der Waals surface area (Å²) >= 11 is 0. The molecule has 2 rings (SSSR count). The van der Waals surface area contributed by atoms with E-state index in [0.717, 1.165) is 50.4 Å². The average molecular weight is 230 g/mol. The molecular weight excluding hydrogens is 208 g/mol. The van der Waals surface area contributed by atoms with Gasteiger partial charge in [-0.25, -0.2) is 0 Å². The van der Waals surface area contributed by atoms with Crippen LogP contribution in [-0.4, -0.2) is 42.1 Å². The van der Waals surface area contributed by atoms with E-state index in [2.05, 4.69) is 13.8 Å². The average Bonchev–Trinajstić information content (AvgIpc) is 2.07.